The molecule has 0 unspecified atom stereocenters. The van der Waals surface area contributed by atoms with E-state index in [1.165, 1.54) is 6.08 Å². The molecule has 0 fully saturated rings. The zero-order valence-corrected chi connectivity index (χ0v) is 6.73. The molecule has 11 heavy (non-hydrogen) atoms. The van der Waals surface area contributed by atoms with Crippen LogP contribution in [0.1, 0.15) is 0 Å². The molecule has 0 aliphatic carbocycles. The van der Waals surface area contributed by atoms with Gasteiger partial charge in [0.15, 0.2) is 0 Å². The third-order valence-electron chi connectivity index (χ3n) is 1.08. The van der Waals surface area contributed by atoms with Crippen molar-refractivity contribution in [1.29, 1.82) is 10.7 Å². The Hall–Kier alpha value is -1.34. The zero-order chi connectivity index (χ0) is 8.69. The zero-order valence-electron chi connectivity index (χ0n) is 6.73. The van der Waals surface area contributed by atoms with Crippen molar-refractivity contribution in [3.05, 3.63) is 11.8 Å². The second-order valence-corrected chi connectivity index (χ2v) is 1.98. The molecule has 0 radical (unpaired) electrons. The Bertz CT molecular complexity index is 199. The quantitative estimate of drug-likeness (QED) is 0.387. The van der Waals surface area contributed by atoms with Crippen LogP contribution >= 0.6 is 0 Å². The molecule has 0 aliphatic heterocycles. The lowest BCUT2D eigenvalue weighted by atomic mass is 10.3. The Morgan fingerprint density at radius 1 is 1.64 bits per heavy atom. The largest absolute Gasteiger partial charge is 0.380 e. The van der Waals surface area contributed by atoms with Gasteiger partial charge < -0.3 is 16.0 Å². The first-order valence-corrected chi connectivity index (χ1v) is 3.26. The molecule has 4 heteroatoms. The molecule has 0 rings (SSSR count). The lowest BCUT2D eigenvalue weighted by Gasteiger charge is -1.97. The van der Waals surface area contributed by atoms with Crippen molar-refractivity contribution in [2.24, 2.45) is 0 Å². The first-order valence-electron chi connectivity index (χ1n) is 3.26. The minimum Gasteiger partial charge on any atom is -0.380 e. The second kappa shape index (κ2) is 5.45. The lowest BCUT2D eigenvalue weighted by Crippen LogP contribution is -2.17. The van der Waals surface area contributed by atoms with Crippen LogP contribution in [0.25, 0.3) is 0 Å². The molecule has 0 atom stereocenters. The normalized spacial score (nSPS) is 10.5. The summed E-state index contributed by atoms with van der Waals surface area (Å²) in [6, 6.07) is 1.92. The van der Waals surface area contributed by atoms with Crippen LogP contribution in [-0.2, 0) is 0 Å². The summed E-state index contributed by atoms with van der Waals surface area (Å²) < 4.78 is 0. The highest BCUT2D eigenvalue weighted by Crippen LogP contribution is 1.84. The maximum absolute atomic E-state index is 8.45. The number of rotatable bonds is 4. The van der Waals surface area contributed by atoms with E-state index in [0.717, 1.165) is 0 Å². The van der Waals surface area contributed by atoms with Crippen LogP contribution in [-0.4, -0.2) is 26.4 Å². The first-order chi connectivity index (χ1) is 5.24. The van der Waals surface area contributed by atoms with Crippen molar-refractivity contribution in [2.75, 3.05) is 20.6 Å². The average Bonchev–Trinajstić information content (AvgIpc) is 2.01. The van der Waals surface area contributed by atoms with Gasteiger partial charge in [-0.15, -0.1) is 0 Å². The van der Waals surface area contributed by atoms with Crippen molar-refractivity contribution >= 4 is 5.71 Å². The standard InChI is InChI=1S/C7H12N4/c1-10-5-6(9)3-7(4-8)11-2/h3,9-11H,5H2,1-2H3/b7-3-,9-6?. The molecule has 0 saturated carbocycles. The number of nitrogens with zero attached hydrogens (tertiary/aromatic N) is 1. The van der Waals surface area contributed by atoms with Crippen LogP contribution in [0.15, 0.2) is 11.8 Å². The number of allylic oxidation sites excluding steroid dienone is 1. The van der Waals surface area contributed by atoms with Crippen molar-refractivity contribution in [2.45, 2.75) is 0 Å². The van der Waals surface area contributed by atoms with Crippen molar-refractivity contribution < 1.29 is 0 Å². The number of hydrogen-bond acceptors (Lipinski definition) is 4. The molecular formula is C7H12N4. The number of nitrogens with one attached hydrogen (secondary N) is 3. The average molecular weight is 152 g/mol. The first kappa shape index (κ1) is 9.66. The van der Waals surface area contributed by atoms with Crippen LogP contribution in [0.2, 0.25) is 0 Å². The van der Waals surface area contributed by atoms with E-state index in [9.17, 15) is 0 Å². The lowest BCUT2D eigenvalue weighted by molar-refractivity contribution is 0.941. The van der Waals surface area contributed by atoms with Gasteiger partial charge in [-0.3, -0.25) is 0 Å². The molecule has 0 spiro atoms. The number of nitriles is 1. The summed E-state index contributed by atoms with van der Waals surface area (Å²) in [4.78, 5) is 0. The van der Waals surface area contributed by atoms with Crippen LogP contribution < -0.4 is 10.6 Å². The summed E-state index contributed by atoms with van der Waals surface area (Å²) in [5.74, 6) is 0. The van der Waals surface area contributed by atoms with Gasteiger partial charge in [-0.25, -0.2) is 0 Å². The van der Waals surface area contributed by atoms with E-state index in [0.29, 0.717) is 18.0 Å². The minimum absolute atomic E-state index is 0.387. The second-order valence-electron chi connectivity index (χ2n) is 1.98. The summed E-state index contributed by atoms with van der Waals surface area (Å²) in [6.07, 6.45) is 1.50. The van der Waals surface area contributed by atoms with Crippen molar-refractivity contribution in [3.8, 4) is 6.07 Å². The molecule has 0 aromatic rings. The molecule has 0 heterocycles. The van der Waals surface area contributed by atoms with E-state index in [1.54, 1.807) is 14.1 Å². The third kappa shape index (κ3) is 4.12. The van der Waals surface area contributed by atoms with E-state index in [1.807, 2.05) is 6.07 Å². The SMILES string of the molecule is CNCC(=N)/C=C(/C#N)NC. The molecule has 0 amide bonds. The smallest absolute Gasteiger partial charge is 0.117 e. The molecule has 3 N–H and O–H groups in total. The Morgan fingerprint density at radius 2 is 2.27 bits per heavy atom. The van der Waals surface area contributed by atoms with Gasteiger partial charge >= 0.3 is 0 Å². The van der Waals surface area contributed by atoms with Gasteiger partial charge in [-0.2, -0.15) is 5.26 Å². The maximum Gasteiger partial charge on any atom is 0.117 e. The summed E-state index contributed by atoms with van der Waals surface area (Å²) in [5, 5.41) is 21.2. The summed E-state index contributed by atoms with van der Waals surface area (Å²) in [5.41, 5.74) is 0.795. The molecule has 4 nitrogen and oxygen atoms in total. The fourth-order valence-electron chi connectivity index (χ4n) is 0.576. The van der Waals surface area contributed by atoms with Gasteiger partial charge in [-0.1, -0.05) is 0 Å². The van der Waals surface area contributed by atoms with E-state index in [4.69, 9.17) is 10.7 Å². The molecule has 0 saturated heterocycles. The van der Waals surface area contributed by atoms with Crippen LogP contribution in [0.3, 0.4) is 0 Å². The van der Waals surface area contributed by atoms with Gasteiger partial charge in [0, 0.05) is 19.3 Å². The predicted molar refractivity (Wildman–Crippen MR) is 44.4 cm³/mol. The van der Waals surface area contributed by atoms with Gasteiger partial charge in [-0.05, 0) is 13.1 Å². The fraction of sp³-hybridized carbons (Fsp3) is 0.429. The molecular weight excluding hydrogens is 140 g/mol. The van der Waals surface area contributed by atoms with Crippen LogP contribution in [0.4, 0.5) is 0 Å². The summed E-state index contributed by atoms with van der Waals surface area (Å²) in [7, 11) is 3.41. The van der Waals surface area contributed by atoms with E-state index < -0.39 is 0 Å². The number of hydrogen-bond donors (Lipinski definition) is 3. The van der Waals surface area contributed by atoms with E-state index >= 15 is 0 Å². The van der Waals surface area contributed by atoms with E-state index in [-0.39, 0.29) is 0 Å². The third-order valence-corrected chi connectivity index (χ3v) is 1.08. The fourth-order valence-corrected chi connectivity index (χ4v) is 0.576. The van der Waals surface area contributed by atoms with Crippen molar-refractivity contribution in [3.63, 3.8) is 0 Å². The highest BCUT2D eigenvalue weighted by Gasteiger charge is 1.93. The van der Waals surface area contributed by atoms with Gasteiger partial charge in [0.1, 0.15) is 11.8 Å². The Balaban J connectivity index is 4.07. The highest BCUT2D eigenvalue weighted by molar-refractivity contribution is 5.94. The summed E-state index contributed by atoms with van der Waals surface area (Å²) in [6.45, 7) is 0.479. The minimum atomic E-state index is 0.387. The molecule has 60 valence electrons. The van der Waals surface area contributed by atoms with Gasteiger partial charge in [0.2, 0.25) is 0 Å². The van der Waals surface area contributed by atoms with Gasteiger partial charge in [0.25, 0.3) is 0 Å². The molecule has 0 aromatic heterocycles. The Morgan fingerprint density at radius 3 is 2.64 bits per heavy atom. The molecule has 0 bridgehead atoms. The predicted octanol–water partition coefficient (Wildman–Crippen LogP) is -0.148. The topological polar surface area (TPSA) is 71.7 Å². The van der Waals surface area contributed by atoms with Crippen LogP contribution in [0, 0.1) is 16.7 Å². The maximum atomic E-state index is 8.45. The molecule has 0 aromatic carbocycles. The Labute approximate surface area is 66.4 Å². The monoisotopic (exact) mass is 152 g/mol. The van der Waals surface area contributed by atoms with Crippen molar-refractivity contribution in [1.82, 2.24) is 10.6 Å². The summed E-state index contributed by atoms with van der Waals surface area (Å²) >= 11 is 0. The van der Waals surface area contributed by atoms with E-state index in [2.05, 4.69) is 10.6 Å². The van der Waals surface area contributed by atoms with Gasteiger partial charge in [0.05, 0.1) is 0 Å². The highest BCUT2D eigenvalue weighted by atomic mass is 14.8. The molecule has 0 aliphatic rings. The van der Waals surface area contributed by atoms with Crippen LogP contribution in [0.5, 0.6) is 0 Å². The Kier molecular flexibility index (Phi) is 4.78.